The summed E-state index contributed by atoms with van der Waals surface area (Å²) in [6.45, 7) is 5.54. The molecule has 0 aliphatic carbocycles. The number of pyridine rings is 1. The van der Waals surface area contributed by atoms with Gasteiger partial charge < -0.3 is 24.4 Å². The Bertz CT molecular complexity index is 434. The van der Waals surface area contributed by atoms with Crippen molar-refractivity contribution in [3.8, 4) is 5.75 Å². The quantitative estimate of drug-likeness (QED) is 0.710. The third kappa shape index (κ3) is 3.18. The van der Waals surface area contributed by atoms with E-state index in [0.717, 1.165) is 18.9 Å². The minimum absolute atomic E-state index is 0.139. The molecule has 1 aliphatic heterocycles. The van der Waals surface area contributed by atoms with Gasteiger partial charge in [-0.3, -0.25) is 0 Å². The number of rotatable bonds is 3. The molecule has 0 saturated carbocycles. The second-order valence-corrected chi connectivity index (χ2v) is 4.82. The normalized spacial score (nSPS) is 23.3. The fraction of sp³-hybridized carbons (Fsp3) is 0.583. The van der Waals surface area contributed by atoms with E-state index in [0.29, 0.717) is 5.75 Å². The van der Waals surface area contributed by atoms with Crippen LogP contribution in [0.5, 0.6) is 5.75 Å². The van der Waals surface area contributed by atoms with E-state index in [1.165, 1.54) is 13.3 Å². The molecule has 0 radical (unpaired) electrons. The third-order valence-electron chi connectivity index (χ3n) is 3.12. The fourth-order valence-electron chi connectivity index (χ4n) is 2.35. The van der Waals surface area contributed by atoms with Gasteiger partial charge in [-0.25, -0.2) is 4.98 Å². The van der Waals surface area contributed by atoms with Crippen LogP contribution in [0.25, 0.3) is 0 Å². The highest BCUT2D eigenvalue weighted by molar-refractivity contribution is 6.59. The van der Waals surface area contributed by atoms with E-state index in [1.54, 1.807) is 6.07 Å². The Balaban J connectivity index is 2.25. The van der Waals surface area contributed by atoms with Crippen molar-refractivity contribution < 1.29 is 19.5 Å². The molecule has 1 saturated heterocycles. The first kappa shape index (κ1) is 14.1. The average molecular weight is 266 g/mol. The van der Waals surface area contributed by atoms with Crippen LogP contribution in [0.15, 0.2) is 12.3 Å². The van der Waals surface area contributed by atoms with Gasteiger partial charge in [0, 0.05) is 30.8 Å². The van der Waals surface area contributed by atoms with Crippen molar-refractivity contribution >= 4 is 18.4 Å². The summed E-state index contributed by atoms with van der Waals surface area (Å²) in [5.74, 6) is 1.18. The number of hydrogen-bond donors (Lipinski definition) is 2. The summed E-state index contributed by atoms with van der Waals surface area (Å²) in [7, 11) is -0.0886. The lowest BCUT2D eigenvalue weighted by Crippen LogP contribution is -2.46. The maximum atomic E-state index is 9.22. The van der Waals surface area contributed by atoms with Gasteiger partial charge in [0.15, 0.2) is 0 Å². The Kier molecular flexibility index (Phi) is 4.29. The summed E-state index contributed by atoms with van der Waals surface area (Å²) >= 11 is 0. The molecule has 6 nitrogen and oxygen atoms in total. The molecule has 0 spiro atoms. The van der Waals surface area contributed by atoms with Crippen molar-refractivity contribution in [3.05, 3.63) is 12.3 Å². The molecule has 1 fully saturated rings. The van der Waals surface area contributed by atoms with Crippen LogP contribution < -0.4 is 15.1 Å². The van der Waals surface area contributed by atoms with Crippen molar-refractivity contribution in [1.29, 1.82) is 0 Å². The first-order chi connectivity index (χ1) is 9.01. The van der Waals surface area contributed by atoms with Crippen LogP contribution in [-0.4, -0.2) is 54.6 Å². The van der Waals surface area contributed by atoms with Crippen molar-refractivity contribution in [2.24, 2.45) is 0 Å². The standard InChI is InChI=1S/C12H19BN2O4/c1-8-6-15(7-9(2)19-8)12-4-11(18-3)10(5-14-12)13(16)17/h4-5,8-9,16-17H,6-7H2,1-3H3/t8-,9+. The second kappa shape index (κ2) is 5.77. The van der Waals surface area contributed by atoms with Crippen molar-refractivity contribution in [2.45, 2.75) is 26.1 Å². The minimum Gasteiger partial charge on any atom is -0.497 e. The zero-order valence-corrected chi connectivity index (χ0v) is 11.4. The van der Waals surface area contributed by atoms with Crippen LogP contribution in [0.3, 0.4) is 0 Å². The van der Waals surface area contributed by atoms with Gasteiger partial charge in [0.25, 0.3) is 0 Å². The van der Waals surface area contributed by atoms with E-state index in [2.05, 4.69) is 9.88 Å². The van der Waals surface area contributed by atoms with E-state index < -0.39 is 7.12 Å². The van der Waals surface area contributed by atoms with Gasteiger partial charge in [-0.05, 0) is 13.8 Å². The number of nitrogens with zero attached hydrogens (tertiary/aromatic N) is 2. The van der Waals surface area contributed by atoms with E-state index >= 15 is 0 Å². The summed E-state index contributed by atoms with van der Waals surface area (Å²) in [5.41, 5.74) is 0.264. The molecule has 7 heteroatoms. The number of aromatic nitrogens is 1. The highest BCUT2D eigenvalue weighted by Gasteiger charge is 2.25. The molecule has 0 bridgehead atoms. The molecule has 0 unspecified atom stereocenters. The van der Waals surface area contributed by atoms with E-state index in [1.807, 2.05) is 13.8 Å². The lowest BCUT2D eigenvalue weighted by atomic mass is 9.81. The lowest BCUT2D eigenvalue weighted by molar-refractivity contribution is -0.00547. The molecule has 104 valence electrons. The van der Waals surface area contributed by atoms with Crippen molar-refractivity contribution in [1.82, 2.24) is 4.98 Å². The SMILES string of the molecule is COc1cc(N2C[C@@H](C)O[C@@H](C)C2)ncc1B(O)O. The van der Waals surface area contributed by atoms with Crippen LogP contribution in [0, 0.1) is 0 Å². The van der Waals surface area contributed by atoms with E-state index in [-0.39, 0.29) is 17.7 Å². The molecule has 2 heterocycles. The first-order valence-corrected chi connectivity index (χ1v) is 6.31. The predicted octanol–water partition coefficient (Wildman–Crippen LogP) is -0.616. The first-order valence-electron chi connectivity index (χ1n) is 6.31. The number of hydrogen-bond acceptors (Lipinski definition) is 6. The Labute approximate surface area is 113 Å². The molecule has 0 aromatic carbocycles. The Morgan fingerprint density at radius 3 is 2.53 bits per heavy atom. The largest absolute Gasteiger partial charge is 0.497 e. The van der Waals surface area contributed by atoms with Crippen LogP contribution in [0.4, 0.5) is 5.82 Å². The van der Waals surface area contributed by atoms with E-state index in [9.17, 15) is 10.0 Å². The molecule has 2 N–H and O–H groups in total. The molecular weight excluding hydrogens is 247 g/mol. The van der Waals surface area contributed by atoms with Gasteiger partial charge in [0.2, 0.25) is 0 Å². The minimum atomic E-state index is -1.58. The zero-order chi connectivity index (χ0) is 14.0. The van der Waals surface area contributed by atoms with Crippen molar-refractivity contribution in [3.63, 3.8) is 0 Å². The predicted molar refractivity (Wildman–Crippen MR) is 72.8 cm³/mol. The molecule has 1 aliphatic rings. The molecular formula is C12H19BN2O4. The topological polar surface area (TPSA) is 75.1 Å². The Hall–Kier alpha value is -1.31. The fourth-order valence-corrected chi connectivity index (χ4v) is 2.35. The van der Waals surface area contributed by atoms with Gasteiger partial charge in [0.1, 0.15) is 11.6 Å². The summed E-state index contributed by atoms with van der Waals surface area (Å²) in [5, 5.41) is 18.4. The Morgan fingerprint density at radius 1 is 1.37 bits per heavy atom. The van der Waals surface area contributed by atoms with Gasteiger partial charge in [0.05, 0.1) is 19.3 Å². The number of methoxy groups -OCH3 is 1. The van der Waals surface area contributed by atoms with Crippen LogP contribution >= 0.6 is 0 Å². The van der Waals surface area contributed by atoms with E-state index in [4.69, 9.17) is 9.47 Å². The number of anilines is 1. The van der Waals surface area contributed by atoms with Crippen LogP contribution in [0.2, 0.25) is 0 Å². The van der Waals surface area contributed by atoms with Gasteiger partial charge >= 0.3 is 7.12 Å². The number of ether oxygens (including phenoxy) is 2. The molecule has 0 amide bonds. The summed E-state index contributed by atoms with van der Waals surface area (Å²) in [6, 6.07) is 1.72. The summed E-state index contributed by atoms with van der Waals surface area (Å²) < 4.78 is 10.8. The third-order valence-corrected chi connectivity index (χ3v) is 3.12. The smallest absolute Gasteiger partial charge is 0.493 e. The maximum absolute atomic E-state index is 9.22. The average Bonchev–Trinajstić information content (AvgIpc) is 2.36. The maximum Gasteiger partial charge on any atom is 0.493 e. The summed E-state index contributed by atoms with van der Waals surface area (Å²) in [6.07, 6.45) is 1.71. The summed E-state index contributed by atoms with van der Waals surface area (Å²) in [4.78, 5) is 6.38. The molecule has 19 heavy (non-hydrogen) atoms. The molecule has 1 aromatic heterocycles. The van der Waals surface area contributed by atoms with Gasteiger partial charge in [-0.15, -0.1) is 0 Å². The Morgan fingerprint density at radius 2 is 2.00 bits per heavy atom. The molecule has 2 rings (SSSR count). The number of morpholine rings is 1. The lowest BCUT2D eigenvalue weighted by Gasteiger charge is -2.36. The monoisotopic (exact) mass is 266 g/mol. The second-order valence-electron chi connectivity index (χ2n) is 4.82. The van der Waals surface area contributed by atoms with Gasteiger partial charge in [-0.1, -0.05) is 0 Å². The van der Waals surface area contributed by atoms with Crippen molar-refractivity contribution in [2.75, 3.05) is 25.1 Å². The highest BCUT2D eigenvalue weighted by Crippen LogP contribution is 2.21. The zero-order valence-electron chi connectivity index (χ0n) is 11.4. The highest BCUT2D eigenvalue weighted by atomic mass is 16.5. The van der Waals surface area contributed by atoms with Crippen LogP contribution in [-0.2, 0) is 4.74 Å². The molecule has 1 aromatic rings. The van der Waals surface area contributed by atoms with Gasteiger partial charge in [-0.2, -0.15) is 0 Å². The molecule has 2 atom stereocenters. The van der Waals surface area contributed by atoms with Crippen LogP contribution in [0.1, 0.15) is 13.8 Å².